The normalized spacial score (nSPS) is 16.2. The topological polar surface area (TPSA) is 59.5 Å². The molecule has 1 aliphatic rings. The molecule has 2 heterocycles. The molecule has 0 saturated carbocycles. The van der Waals surface area contributed by atoms with Gasteiger partial charge in [0, 0.05) is 39.4 Å². The molecule has 0 radical (unpaired) electrons. The lowest BCUT2D eigenvalue weighted by Crippen LogP contribution is -2.37. The summed E-state index contributed by atoms with van der Waals surface area (Å²) in [6.07, 6.45) is 2.49. The Morgan fingerprint density at radius 1 is 1.29 bits per heavy atom. The number of nitrogens with zero attached hydrogens (tertiary/aromatic N) is 3. The Morgan fingerprint density at radius 3 is 2.67 bits per heavy atom. The number of methoxy groups -OCH3 is 1. The first-order chi connectivity index (χ1) is 10.3. The lowest BCUT2D eigenvalue weighted by atomic mass is 10.1. The fraction of sp³-hybridized carbons (Fsp3) is 0.733. The first kappa shape index (κ1) is 16.0. The van der Waals surface area contributed by atoms with Crippen molar-refractivity contribution < 1.29 is 9.47 Å². The van der Waals surface area contributed by atoms with Gasteiger partial charge in [0.25, 0.3) is 0 Å². The maximum Gasteiger partial charge on any atom is 0.158 e. The van der Waals surface area contributed by atoms with Gasteiger partial charge in [-0.25, -0.2) is 9.97 Å². The molecule has 0 atom stereocenters. The van der Waals surface area contributed by atoms with Crippen molar-refractivity contribution in [3.05, 3.63) is 11.9 Å². The number of rotatable bonds is 7. The lowest BCUT2D eigenvalue weighted by Gasteiger charge is -2.32. The number of anilines is 2. The van der Waals surface area contributed by atoms with Crippen molar-refractivity contribution in [1.82, 2.24) is 9.97 Å². The summed E-state index contributed by atoms with van der Waals surface area (Å²) < 4.78 is 10.9. The highest BCUT2D eigenvalue weighted by atomic mass is 16.5. The SMILES string of the molecule is CCNc1cc(N2CCC(OCC)CC2)nc(COC)n1. The second-order valence-corrected chi connectivity index (χ2v) is 5.13. The summed E-state index contributed by atoms with van der Waals surface area (Å²) in [4.78, 5) is 11.4. The summed E-state index contributed by atoms with van der Waals surface area (Å²) in [7, 11) is 1.66. The number of hydrogen-bond donors (Lipinski definition) is 1. The first-order valence-corrected chi connectivity index (χ1v) is 7.74. The number of nitrogens with one attached hydrogen (secondary N) is 1. The molecular formula is C15H26N4O2. The molecule has 0 amide bonds. The average Bonchev–Trinajstić information content (AvgIpc) is 2.49. The third-order valence-electron chi connectivity index (χ3n) is 3.56. The fourth-order valence-corrected chi connectivity index (χ4v) is 2.60. The third kappa shape index (κ3) is 4.54. The van der Waals surface area contributed by atoms with Crippen LogP contribution < -0.4 is 10.2 Å². The molecule has 6 heteroatoms. The van der Waals surface area contributed by atoms with Gasteiger partial charge in [-0.15, -0.1) is 0 Å². The molecule has 21 heavy (non-hydrogen) atoms. The van der Waals surface area contributed by atoms with Crippen molar-refractivity contribution in [3.63, 3.8) is 0 Å². The van der Waals surface area contributed by atoms with Crippen LogP contribution in [0.2, 0.25) is 0 Å². The van der Waals surface area contributed by atoms with E-state index in [9.17, 15) is 0 Å². The highest BCUT2D eigenvalue weighted by molar-refractivity contribution is 5.49. The molecule has 0 aromatic carbocycles. The number of ether oxygens (including phenoxy) is 2. The molecule has 1 fully saturated rings. The van der Waals surface area contributed by atoms with E-state index in [0.717, 1.165) is 56.5 Å². The summed E-state index contributed by atoms with van der Waals surface area (Å²) in [5.41, 5.74) is 0. The molecular weight excluding hydrogens is 268 g/mol. The summed E-state index contributed by atoms with van der Waals surface area (Å²) in [5, 5.41) is 3.26. The quantitative estimate of drug-likeness (QED) is 0.830. The van der Waals surface area contributed by atoms with Crippen LogP contribution in [-0.2, 0) is 16.1 Å². The van der Waals surface area contributed by atoms with E-state index in [1.165, 1.54) is 0 Å². The van der Waals surface area contributed by atoms with Gasteiger partial charge in [0.05, 0.1) is 6.10 Å². The Bertz CT molecular complexity index is 409. The molecule has 6 nitrogen and oxygen atoms in total. The van der Waals surface area contributed by atoms with Gasteiger partial charge in [0.1, 0.15) is 18.2 Å². The van der Waals surface area contributed by atoms with Crippen LogP contribution in [0.4, 0.5) is 11.6 Å². The Hall–Kier alpha value is -1.40. The maximum atomic E-state index is 5.70. The van der Waals surface area contributed by atoms with Crippen LogP contribution in [0.15, 0.2) is 6.07 Å². The molecule has 1 aliphatic heterocycles. The molecule has 0 spiro atoms. The van der Waals surface area contributed by atoms with Gasteiger partial charge >= 0.3 is 0 Å². The first-order valence-electron chi connectivity index (χ1n) is 7.74. The van der Waals surface area contributed by atoms with Gasteiger partial charge in [0.2, 0.25) is 0 Å². The van der Waals surface area contributed by atoms with Crippen molar-refractivity contribution in [3.8, 4) is 0 Å². The fourth-order valence-electron chi connectivity index (χ4n) is 2.60. The third-order valence-corrected chi connectivity index (χ3v) is 3.56. The predicted octanol–water partition coefficient (Wildman–Crippen LogP) is 2.06. The highest BCUT2D eigenvalue weighted by Crippen LogP contribution is 2.22. The van der Waals surface area contributed by atoms with E-state index in [1.807, 2.05) is 6.07 Å². The molecule has 0 aliphatic carbocycles. The summed E-state index contributed by atoms with van der Waals surface area (Å²) >= 11 is 0. The Kier molecular flexibility index (Phi) is 6.20. The minimum Gasteiger partial charge on any atom is -0.378 e. The molecule has 1 aromatic rings. The van der Waals surface area contributed by atoms with E-state index in [1.54, 1.807) is 7.11 Å². The van der Waals surface area contributed by atoms with E-state index >= 15 is 0 Å². The molecule has 118 valence electrons. The Morgan fingerprint density at radius 2 is 2.05 bits per heavy atom. The second-order valence-electron chi connectivity index (χ2n) is 5.13. The van der Waals surface area contributed by atoms with Crippen molar-refractivity contribution in [2.24, 2.45) is 0 Å². The average molecular weight is 294 g/mol. The highest BCUT2D eigenvalue weighted by Gasteiger charge is 2.21. The van der Waals surface area contributed by atoms with Gasteiger partial charge in [-0.3, -0.25) is 0 Å². The van der Waals surface area contributed by atoms with Crippen molar-refractivity contribution in [2.45, 2.75) is 39.4 Å². The second kappa shape index (κ2) is 8.14. The number of aromatic nitrogens is 2. The number of piperidine rings is 1. The largest absolute Gasteiger partial charge is 0.378 e. The van der Waals surface area contributed by atoms with Crippen LogP contribution in [0.1, 0.15) is 32.5 Å². The summed E-state index contributed by atoms with van der Waals surface area (Å²) in [5.74, 6) is 2.56. The van der Waals surface area contributed by atoms with E-state index in [-0.39, 0.29) is 0 Å². The standard InChI is InChI=1S/C15H26N4O2/c1-4-16-13-10-15(18-14(17-13)11-20-3)19-8-6-12(7-9-19)21-5-2/h10,12H,4-9,11H2,1-3H3,(H,16,17,18). The van der Waals surface area contributed by atoms with E-state index in [0.29, 0.717) is 12.7 Å². The van der Waals surface area contributed by atoms with Crippen LogP contribution in [0.3, 0.4) is 0 Å². The summed E-state index contributed by atoms with van der Waals surface area (Å²) in [6, 6.07) is 2.02. The zero-order valence-electron chi connectivity index (χ0n) is 13.3. The van der Waals surface area contributed by atoms with Crippen molar-refractivity contribution in [2.75, 3.05) is 43.6 Å². The predicted molar refractivity (Wildman–Crippen MR) is 83.8 cm³/mol. The molecule has 1 saturated heterocycles. The number of hydrogen-bond acceptors (Lipinski definition) is 6. The molecule has 0 bridgehead atoms. The van der Waals surface area contributed by atoms with Gasteiger partial charge < -0.3 is 19.7 Å². The molecule has 2 rings (SSSR count). The Balaban J connectivity index is 2.07. The van der Waals surface area contributed by atoms with E-state index in [2.05, 4.69) is 34.0 Å². The Labute approximate surface area is 126 Å². The van der Waals surface area contributed by atoms with Crippen LogP contribution in [0.25, 0.3) is 0 Å². The van der Waals surface area contributed by atoms with Crippen LogP contribution in [0.5, 0.6) is 0 Å². The minimum atomic E-state index is 0.389. The molecule has 1 aromatic heterocycles. The maximum absolute atomic E-state index is 5.70. The minimum absolute atomic E-state index is 0.389. The van der Waals surface area contributed by atoms with Gasteiger partial charge in [-0.05, 0) is 26.7 Å². The van der Waals surface area contributed by atoms with Crippen molar-refractivity contribution >= 4 is 11.6 Å². The molecule has 0 unspecified atom stereocenters. The van der Waals surface area contributed by atoms with E-state index in [4.69, 9.17) is 9.47 Å². The van der Waals surface area contributed by atoms with Gasteiger partial charge in [0.15, 0.2) is 5.82 Å². The van der Waals surface area contributed by atoms with E-state index < -0.39 is 0 Å². The smallest absolute Gasteiger partial charge is 0.158 e. The molecule has 1 N–H and O–H groups in total. The van der Waals surface area contributed by atoms with Crippen molar-refractivity contribution in [1.29, 1.82) is 0 Å². The monoisotopic (exact) mass is 294 g/mol. The van der Waals surface area contributed by atoms with Crippen LogP contribution in [0, 0.1) is 0 Å². The van der Waals surface area contributed by atoms with Crippen LogP contribution >= 0.6 is 0 Å². The van der Waals surface area contributed by atoms with Gasteiger partial charge in [-0.1, -0.05) is 0 Å². The zero-order chi connectivity index (χ0) is 15.1. The zero-order valence-corrected chi connectivity index (χ0v) is 13.3. The lowest BCUT2D eigenvalue weighted by molar-refractivity contribution is 0.0458. The van der Waals surface area contributed by atoms with Crippen LogP contribution in [-0.4, -0.2) is 49.4 Å². The summed E-state index contributed by atoms with van der Waals surface area (Å²) in [6.45, 7) is 8.12. The van der Waals surface area contributed by atoms with Gasteiger partial charge in [-0.2, -0.15) is 0 Å².